The van der Waals surface area contributed by atoms with E-state index in [1.54, 1.807) is 24.6 Å². The molecule has 2 heterocycles. The van der Waals surface area contributed by atoms with Crippen LogP contribution in [0.5, 0.6) is 0 Å². The number of carbonyl (C=O) groups is 1. The molecule has 0 aliphatic heterocycles. The molecule has 0 radical (unpaired) electrons. The van der Waals surface area contributed by atoms with Gasteiger partial charge in [0, 0.05) is 18.1 Å². The van der Waals surface area contributed by atoms with E-state index in [1.165, 1.54) is 21.5 Å². The van der Waals surface area contributed by atoms with Gasteiger partial charge < -0.3 is 5.32 Å². The summed E-state index contributed by atoms with van der Waals surface area (Å²) in [4.78, 5) is 14.1. The van der Waals surface area contributed by atoms with Crippen molar-refractivity contribution in [3.8, 4) is 6.07 Å². The van der Waals surface area contributed by atoms with Crippen LogP contribution in [0.25, 0.3) is 0 Å². The Morgan fingerprint density at radius 3 is 3.16 bits per heavy atom. The number of nitrogens with zero attached hydrogens (tertiary/aromatic N) is 3. The molecule has 0 aromatic carbocycles. The van der Waals surface area contributed by atoms with Crippen molar-refractivity contribution in [2.24, 2.45) is 7.05 Å². The van der Waals surface area contributed by atoms with Crippen molar-refractivity contribution in [1.29, 1.82) is 5.26 Å². The number of carbonyl (C=O) groups excluding carboxylic acids is 1. The molecule has 19 heavy (non-hydrogen) atoms. The highest BCUT2D eigenvalue weighted by Crippen LogP contribution is 2.31. The third kappa shape index (κ3) is 2.13. The minimum absolute atomic E-state index is 0.186. The van der Waals surface area contributed by atoms with Crippen LogP contribution in [-0.4, -0.2) is 15.7 Å². The molecule has 0 unspecified atom stereocenters. The van der Waals surface area contributed by atoms with E-state index in [4.69, 9.17) is 5.26 Å². The first-order valence-electron chi connectivity index (χ1n) is 6.04. The number of fused-ring (bicyclic) bond motifs is 1. The topological polar surface area (TPSA) is 70.7 Å². The van der Waals surface area contributed by atoms with Crippen LogP contribution >= 0.6 is 11.3 Å². The molecule has 0 saturated carbocycles. The van der Waals surface area contributed by atoms with Gasteiger partial charge in [0.1, 0.15) is 11.6 Å². The fraction of sp³-hybridized carbons (Fsp3) is 0.308. The maximum atomic E-state index is 12.1. The van der Waals surface area contributed by atoms with Crippen LogP contribution in [0.1, 0.15) is 32.1 Å². The summed E-state index contributed by atoms with van der Waals surface area (Å²) < 4.78 is 1.52. The quantitative estimate of drug-likeness (QED) is 0.910. The van der Waals surface area contributed by atoms with Gasteiger partial charge in [0.25, 0.3) is 5.91 Å². The standard InChI is InChI=1S/C13H12N4OS/c1-17-7-9(6-14)12(16-17)15-13(18)11-5-8-3-2-4-10(8)19-11/h5,7H,2-4H2,1H3,(H,15,16,18). The van der Waals surface area contributed by atoms with Crippen LogP contribution in [0.2, 0.25) is 0 Å². The lowest BCUT2D eigenvalue weighted by atomic mass is 10.2. The molecule has 6 heteroatoms. The Morgan fingerprint density at radius 1 is 1.58 bits per heavy atom. The number of aryl methyl sites for hydroxylation is 3. The van der Waals surface area contributed by atoms with Gasteiger partial charge in [-0.1, -0.05) is 0 Å². The second kappa shape index (κ2) is 4.52. The number of anilines is 1. The molecule has 1 amide bonds. The summed E-state index contributed by atoms with van der Waals surface area (Å²) in [6.45, 7) is 0. The number of rotatable bonds is 2. The molecule has 96 valence electrons. The van der Waals surface area contributed by atoms with Crippen LogP contribution in [0.15, 0.2) is 12.3 Å². The maximum Gasteiger partial charge on any atom is 0.266 e. The van der Waals surface area contributed by atoms with E-state index in [1.807, 2.05) is 12.1 Å². The summed E-state index contributed by atoms with van der Waals surface area (Å²) in [6.07, 6.45) is 4.90. The van der Waals surface area contributed by atoms with E-state index in [0.717, 1.165) is 12.8 Å². The van der Waals surface area contributed by atoms with Crippen LogP contribution < -0.4 is 5.32 Å². The molecule has 2 aromatic heterocycles. The van der Waals surface area contributed by atoms with Crippen LogP contribution in [0.3, 0.4) is 0 Å². The maximum absolute atomic E-state index is 12.1. The van der Waals surface area contributed by atoms with Gasteiger partial charge in [0.2, 0.25) is 0 Å². The Balaban J connectivity index is 1.82. The number of aromatic nitrogens is 2. The summed E-state index contributed by atoms with van der Waals surface area (Å²) in [6, 6.07) is 3.97. The Hall–Kier alpha value is -2.13. The molecule has 5 nitrogen and oxygen atoms in total. The van der Waals surface area contributed by atoms with E-state index in [9.17, 15) is 4.79 Å². The molecule has 3 rings (SSSR count). The molecule has 1 aliphatic rings. The van der Waals surface area contributed by atoms with E-state index >= 15 is 0 Å². The Labute approximate surface area is 114 Å². The lowest BCUT2D eigenvalue weighted by molar-refractivity contribution is 0.103. The van der Waals surface area contributed by atoms with Crippen LogP contribution in [0, 0.1) is 11.3 Å². The lowest BCUT2D eigenvalue weighted by Gasteiger charge is -1.99. The highest BCUT2D eigenvalue weighted by molar-refractivity contribution is 7.14. The molecule has 0 fully saturated rings. The molecule has 0 bridgehead atoms. The number of nitrogens with one attached hydrogen (secondary N) is 1. The molecule has 0 atom stereocenters. The first-order chi connectivity index (χ1) is 9.17. The highest BCUT2D eigenvalue weighted by atomic mass is 32.1. The number of nitriles is 1. The summed E-state index contributed by atoms with van der Waals surface area (Å²) in [5, 5.41) is 15.7. The van der Waals surface area contributed by atoms with Gasteiger partial charge in [-0.05, 0) is 30.9 Å². The van der Waals surface area contributed by atoms with Crippen molar-refractivity contribution in [1.82, 2.24) is 9.78 Å². The average Bonchev–Trinajstić information content (AvgIpc) is 3.02. The minimum atomic E-state index is -0.186. The van der Waals surface area contributed by atoms with Gasteiger partial charge in [0.15, 0.2) is 5.82 Å². The zero-order valence-corrected chi connectivity index (χ0v) is 11.3. The summed E-state index contributed by atoms with van der Waals surface area (Å²) in [7, 11) is 1.72. The second-order valence-electron chi connectivity index (χ2n) is 4.54. The smallest absolute Gasteiger partial charge is 0.266 e. The second-order valence-corrected chi connectivity index (χ2v) is 5.68. The van der Waals surface area contributed by atoms with Crippen molar-refractivity contribution >= 4 is 23.1 Å². The monoisotopic (exact) mass is 272 g/mol. The van der Waals surface area contributed by atoms with Crippen molar-refractivity contribution in [2.75, 3.05) is 5.32 Å². The van der Waals surface area contributed by atoms with Crippen LogP contribution in [0.4, 0.5) is 5.82 Å². The predicted molar refractivity (Wildman–Crippen MR) is 72.2 cm³/mol. The van der Waals surface area contributed by atoms with Crippen molar-refractivity contribution in [2.45, 2.75) is 19.3 Å². The van der Waals surface area contributed by atoms with Crippen molar-refractivity contribution in [3.63, 3.8) is 0 Å². The third-order valence-electron chi connectivity index (χ3n) is 3.15. The third-order valence-corrected chi connectivity index (χ3v) is 4.39. The molecule has 1 aliphatic carbocycles. The Bertz CT molecular complexity index is 671. The summed E-state index contributed by atoms with van der Waals surface area (Å²) >= 11 is 1.54. The number of thiophene rings is 1. The molecule has 0 spiro atoms. The van der Waals surface area contributed by atoms with E-state index in [2.05, 4.69) is 10.4 Å². The van der Waals surface area contributed by atoms with E-state index in [0.29, 0.717) is 16.3 Å². The molecule has 0 saturated heterocycles. The van der Waals surface area contributed by atoms with Gasteiger partial charge >= 0.3 is 0 Å². The fourth-order valence-electron chi connectivity index (χ4n) is 2.27. The van der Waals surface area contributed by atoms with Crippen molar-refractivity contribution in [3.05, 3.63) is 33.1 Å². The molecule has 2 aromatic rings. The van der Waals surface area contributed by atoms with Gasteiger partial charge in [-0.2, -0.15) is 10.4 Å². The molecular weight excluding hydrogens is 260 g/mol. The number of hydrogen-bond donors (Lipinski definition) is 1. The summed E-state index contributed by atoms with van der Waals surface area (Å²) in [5.74, 6) is 0.137. The van der Waals surface area contributed by atoms with Crippen LogP contribution in [-0.2, 0) is 19.9 Å². The minimum Gasteiger partial charge on any atom is -0.303 e. The van der Waals surface area contributed by atoms with Gasteiger partial charge in [0.05, 0.1) is 4.88 Å². The first-order valence-corrected chi connectivity index (χ1v) is 6.85. The molecule has 1 N–H and O–H groups in total. The zero-order chi connectivity index (χ0) is 13.4. The predicted octanol–water partition coefficient (Wildman–Crippen LogP) is 2.09. The fourth-order valence-corrected chi connectivity index (χ4v) is 3.42. The van der Waals surface area contributed by atoms with Gasteiger partial charge in [-0.15, -0.1) is 11.3 Å². The highest BCUT2D eigenvalue weighted by Gasteiger charge is 2.19. The van der Waals surface area contributed by atoms with E-state index < -0.39 is 0 Å². The average molecular weight is 272 g/mol. The zero-order valence-electron chi connectivity index (χ0n) is 10.4. The number of amides is 1. The van der Waals surface area contributed by atoms with Gasteiger partial charge in [-0.25, -0.2) is 0 Å². The SMILES string of the molecule is Cn1cc(C#N)c(NC(=O)c2cc3c(s2)CCC3)n1. The van der Waals surface area contributed by atoms with Gasteiger partial charge in [-0.3, -0.25) is 9.48 Å². The lowest BCUT2D eigenvalue weighted by Crippen LogP contribution is -2.11. The Morgan fingerprint density at radius 2 is 2.42 bits per heavy atom. The Kier molecular flexibility index (Phi) is 2.84. The normalized spacial score (nSPS) is 13.1. The molecular formula is C13H12N4OS. The summed E-state index contributed by atoms with van der Waals surface area (Å²) in [5.41, 5.74) is 1.66. The van der Waals surface area contributed by atoms with Crippen molar-refractivity contribution < 1.29 is 4.79 Å². The number of hydrogen-bond acceptors (Lipinski definition) is 4. The largest absolute Gasteiger partial charge is 0.303 e. The van der Waals surface area contributed by atoms with E-state index in [-0.39, 0.29) is 5.91 Å². The first kappa shape index (κ1) is 11.9.